The van der Waals surface area contributed by atoms with E-state index in [-0.39, 0.29) is 5.75 Å². The van der Waals surface area contributed by atoms with Gasteiger partial charge in [-0.25, -0.2) is 8.42 Å². The summed E-state index contributed by atoms with van der Waals surface area (Å²) in [6.45, 7) is 0. The molecule has 0 bridgehead atoms. The lowest BCUT2D eigenvalue weighted by Gasteiger charge is -1.95. The predicted octanol–water partition coefficient (Wildman–Crippen LogP) is 2.63. The van der Waals surface area contributed by atoms with Crippen LogP contribution in [0.4, 0.5) is 0 Å². The number of benzene rings is 1. The van der Waals surface area contributed by atoms with Crippen molar-refractivity contribution < 1.29 is 12.8 Å². The molecule has 1 aromatic carbocycles. The molecule has 0 aliphatic rings. The molecule has 3 nitrogen and oxygen atoms in total. The number of halogens is 1. The Morgan fingerprint density at radius 2 is 2.13 bits per heavy atom. The lowest BCUT2D eigenvalue weighted by molar-refractivity contribution is 0.596. The molecule has 0 aliphatic heterocycles. The summed E-state index contributed by atoms with van der Waals surface area (Å²) in [6, 6.07) is 5.27. The molecule has 0 N–H and O–H groups in total. The largest absolute Gasteiger partial charge is 0.462 e. The second-order valence-electron chi connectivity index (χ2n) is 3.45. The quantitative estimate of drug-likeness (QED) is 0.816. The first kappa shape index (κ1) is 10.5. The van der Waals surface area contributed by atoms with Crippen LogP contribution in [0.5, 0.6) is 0 Å². The third kappa shape index (κ3) is 2.16. The van der Waals surface area contributed by atoms with Crippen molar-refractivity contribution in [3.05, 3.63) is 35.0 Å². The van der Waals surface area contributed by atoms with Crippen LogP contribution in [-0.2, 0) is 15.6 Å². The predicted molar refractivity (Wildman–Crippen MR) is 59.8 cm³/mol. The molecule has 1 heterocycles. The highest BCUT2D eigenvalue weighted by Crippen LogP contribution is 2.28. The molecule has 5 heteroatoms. The van der Waals surface area contributed by atoms with Gasteiger partial charge in [-0.15, -0.1) is 0 Å². The zero-order valence-electron chi connectivity index (χ0n) is 8.03. The van der Waals surface area contributed by atoms with Crippen LogP contribution in [0.25, 0.3) is 11.0 Å². The highest BCUT2D eigenvalue weighted by Gasteiger charge is 2.12. The Hall–Kier alpha value is -1.00. The van der Waals surface area contributed by atoms with Crippen LogP contribution in [0.3, 0.4) is 0 Å². The molecule has 15 heavy (non-hydrogen) atoms. The molecule has 0 radical (unpaired) electrons. The number of para-hydroxylation sites is 1. The molecule has 2 aromatic rings. The highest BCUT2D eigenvalue weighted by molar-refractivity contribution is 7.89. The SMILES string of the molecule is CS(=O)(=O)Cc1coc2c(Cl)cccc12. The van der Waals surface area contributed by atoms with Crippen molar-refractivity contribution in [2.24, 2.45) is 0 Å². The minimum atomic E-state index is -3.05. The highest BCUT2D eigenvalue weighted by atomic mass is 35.5. The third-order valence-corrected chi connectivity index (χ3v) is 3.18. The van der Waals surface area contributed by atoms with E-state index in [9.17, 15) is 8.42 Å². The number of sulfone groups is 1. The molecule has 0 fully saturated rings. The summed E-state index contributed by atoms with van der Waals surface area (Å²) in [5.74, 6) is -0.0274. The zero-order chi connectivity index (χ0) is 11.1. The van der Waals surface area contributed by atoms with Crippen molar-refractivity contribution in [3.63, 3.8) is 0 Å². The van der Waals surface area contributed by atoms with Gasteiger partial charge in [0.25, 0.3) is 0 Å². The van der Waals surface area contributed by atoms with Crippen molar-refractivity contribution in [2.75, 3.05) is 6.26 Å². The van der Waals surface area contributed by atoms with Crippen LogP contribution >= 0.6 is 11.6 Å². The molecular formula is C10H9ClO3S. The van der Waals surface area contributed by atoms with Crippen LogP contribution in [0.15, 0.2) is 28.9 Å². The smallest absolute Gasteiger partial charge is 0.152 e. The Morgan fingerprint density at radius 3 is 2.80 bits per heavy atom. The van der Waals surface area contributed by atoms with Gasteiger partial charge in [0.15, 0.2) is 15.4 Å². The number of fused-ring (bicyclic) bond motifs is 1. The van der Waals surface area contributed by atoms with E-state index in [0.717, 1.165) is 5.39 Å². The Kier molecular flexibility index (Phi) is 2.48. The van der Waals surface area contributed by atoms with Crippen molar-refractivity contribution in [2.45, 2.75) is 5.75 Å². The average Bonchev–Trinajstić information content (AvgIpc) is 2.48. The van der Waals surface area contributed by atoms with Gasteiger partial charge < -0.3 is 4.42 Å². The van der Waals surface area contributed by atoms with Crippen LogP contribution < -0.4 is 0 Å². The molecule has 0 saturated carbocycles. The topological polar surface area (TPSA) is 47.3 Å². The summed E-state index contributed by atoms with van der Waals surface area (Å²) in [5.41, 5.74) is 1.19. The van der Waals surface area contributed by atoms with Crippen molar-refractivity contribution in [1.29, 1.82) is 0 Å². The van der Waals surface area contributed by atoms with E-state index in [1.165, 1.54) is 12.5 Å². The molecule has 0 unspecified atom stereocenters. The van der Waals surface area contributed by atoms with Crippen LogP contribution in [0.2, 0.25) is 5.02 Å². The van der Waals surface area contributed by atoms with E-state index >= 15 is 0 Å². The lowest BCUT2D eigenvalue weighted by atomic mass is 10.2. The summed E-state index contributed by atoms with van der Waals surface area (Å²) in [4.78, 5) is 0. The molecule has 1 aromatic heterocycles. The van der Waals surface area contributed by atoms with Gasteiger partial charge in [-0.05, 0) is 6.07 Å². The van der Waals surface area contributed by atoms with E-state index in [0.29, 0.717) is 16.2 Å². The summed E-state index contributed by atoms with van der Waals surface area (Å²) in [7, 11) is -3.05. The first-order chi connectivity index (χ1) is 6.97. The summed E-state index contributed by atoms with van der Waals surface area (Å²) in [5, 5.41) is 1.25. The van der Waals surface area contributed by atoms with Crippen LogP contribution in [0, 0.1) is 0 Å². The summed E-state index contributed by atoms with van der Waals surface area (Å²) < 4.78 is 27.5. The van der Waals surface area contributed by atoms with Gasteiger partial charge in [0.1, 0.15) is 0 Å². The normalized spacial score (nSPS) is 12.1. The van der Waals surface area contributed by atoms with E-state index < -0.39 is 9.84 Å². The monoisotopic (exact) mass is 244 g/mol. The summed E-state index contributed by atoms with van der Waals surface area (Å²) >= 11 is 5.90. The standard InChI is InChI=1S/C10H9ClO3S/c1-15(12,13)6-7-5-14-10-8(7)3-2-4-9(10)11/h2-5H,6H2,1H3. The maximum Gasteiger partial charge on any atom is 0.152 e. The van der Waals surface area contributed by atoms with Gasteiger partial charge in [0, 0.05) is 17.2 Å². The van der Waals surface area contributed by atoms with Gasteiger partial charge in [-0.2, -0.15) is 0 Å². The fourth-order valence-corrected chi connectivity index (χ4v) is 2.48. The van der Waals surface area contributed by atoms with E-state index in [1.54, 1.807) is 18.2 Å². The van der Waals surface area contributed by atoms with Crippen molar-refractivity contribution >= 4 is 32.4 Å². The molecule has 0 aliphatic carbocycles. The van der Waals surface area contributed by atoms with Crippen molar-refractivity contribution in [1.82, 2.24) is 0 Å². The fourth-order valence-electron chi connectivity index (χ4n) is 1.47. The third-order valence-electron chi connectivity index (χ3n) is 2.05. The molecule has 0 spiro atoms. The van der Waals surface area contributed by atoms with E-state index in [1.807, 2.05) is 0 Å². The van der Waals surface area contributed by atoms with Gasteiger partial charge in [0.2, 0.25) is 0 Å². The Balaban J connectivity index is 2.60. The Bertz CT molecular complexity index is 598. The maximum absolute atomic E-state index is 11.2. The molecule has 0 saturated heterocycles. The minimum absolute atomic E-state index is 0.0274. The number of rotatable bonds is 2. The van der Waals surface area contributed by atoms with Crippen molar-refractivity contribution in [3.8, 4) is 0 Å². The fraction of sp³-hybridized carbons (Fsp3) is 0.200. The molecule has 2 rings (SSSR count). The molecular weight excluding hydrogens is 236 g/mol. The van der Waals surface area contributed by atoms with Gasteiger partial charge in [0.05, 0.1) is 17.0 Å². The molecule has 80 valence electrons. The minimum Gasteiger partial charge on any atom is -0.462 e. The maximum atomic E-state index is 11.2. The van der Waals surface area contributed by atoms with Gasteiger partial charge in [-0.1, -0.05) is 23.7 Å². The second-order valence-corrected chi connectivity index (χ2v) is 5.99. The Labute approximate surface area is 92.6 Å². The van der Waals surface area contributed by atoms with E-state index in [4.69, 9.17) is 16.0 Å². The van der Waals surface area contributed by atoms with E-state index in [2.05, 4.69) is 0 Å². The number of hydrogen-bond acceptors (Lipinski definition) is 3. The van der Waals surface area contributed by atoms with Gasteiger partial charge in [-0.3, -0.25) is 0 Å². The summed E-state index contributed by atoms with van der Waals surface area (Å²) in [6.07, 6.45) is 2.63. The lowest BCUT2D eigenvalue weighted by Crippen LogP contribution is -1.99. The first-order valence-electron chi connectivity index (χ1n) is 4.30. The Morgan fingerprint density at radius 1 is 1.40 bits per heavy atom. The average molecular weight is 245 g/mol. The van der Waals surface area contributed by atoms with Crippen LogP contribution in [-0.4, -0.2) is 14.7 Å². The number of furan rings is 1. The molecule has 0 atom stereocenters. The number of hydrogen-bond donors (Lipinski definition) is 0. The van der Waals surface area contributed by atoms with Crippen LogP contribution in [0.1, 0.15) is 5.56 Å². The second kappa shape index (κ2) is 3.54. The zero-order valence-corrected chi connectivity index (χ0v) is 9.60. The van der Waals surface area contributed by atoms with Gasteiger partial charge >= 0.3 is 0 Å². The first-order valence-corrected chi connectivity index (χ1v) is 6.73. The molecule has 0 amide bonds.